The van der Waals surface area contributed by atoms with Crippen molar-refractivity contribution in [2.75, 3.05) is 73.7 Å². The first-order valence-corrected chi connectivity index (χ1v) is 12.8. The molecule has 1 saturated heterocycles. The van der Waals surface area contributed by atoms with Crippen LogP contribution in [-0.4, -0.2) is 85.3 Å². The number of carbonyl (C=O) groups is 2. The number of carbonyl (C=O) groups excluding carboxylic acids is 2. The molecule has 0 saturated carbocycles. The monoisotopic (exact) mass is 531 g/mol. The highest BCUT2D eigenvalue weighted by molar-refractivity contribution is 6.31. The maximum absolute atomic E-state index is 12.8. The Labute approximate surface area is 221 Å². The van der Waals surface area contributed by atoms with Gasteiger partial charge in [-0.05, 0) is 32.4 Å². The Hall–Kier alpha value is -3.51. The number of rotatable bonds is 8. The lowest BCUT2D eigenvalue weighted by Gasteiger charge is -2.32. The smallest absolute Gasteiger partial charge is 0.273 e. The van der Waals surface area contributed by atoms with Gasteiger partial charge in [-0.1, -0.05) is 11.6 Å². The van der Waals surface area contributed by atoms with Gasteiger partial charge in [0.1, 0.15) is 11.9 Å². The van der Waals surface area contributed by atoms with Crippen LogP contribution < -0.4 is 36.6 Å². The van der Waals surface area contributed by atoms with Gasteiger partial charge in [-0.3, -0.25) is 9.59 Å². The number of anilines is 4. The van der Waals surface area contributed by atoms with Crippen LogP contribution in [0.25, 0.3) is 0 Å². The minimum Gasteiger partial charge on any atom is -0.483 e. The van der Waals surface area contributed by atoms with Crippen LogP contribution in [0, 0.1) is 6.92 Å². The molecule has 0 spiro atoms. The molecule has 200 valence electrons. The summed E-state index contributed by atoms with van der Waals surface area (Å²) in [5.41, 5.74) is 14.4. The lowest BCUT2D eigenvalue weighted by atomic mass is 10.1. The van der Waals surface area contributed by atoms with E-state index in [9.17, 15) is 9.59 Å². The third-order valence-electron chi connectivity index (χ3n) is 6.68. The summed E-state index contributed by atoms with van der Waals surface area (Å²) in [5, 5.41) is 6.08. The lowest BCUT2D eigenvalue weighted by molar-refractivity contribution is -0.133. The molecule has 1 fully saturated rings. The number of nitrogens with two attached hydrogens (primary N) is 2. The van der Waals surface area contributed by atoms with Gasteiger partial charge < -0.3 is 41.5 Å². The zero-order valence-electron chi connectivity index (χ0n) is 21.4. The zero-order valence-corrected chi connectivity index (χ0v) is 22.1. The summed E-state index contributed by atoms with van der Waals surface area (Å²) in [7, 11) is 0. The molecule has 2 aliphatic heterocycles. The fourth-order valence-electron chi connectivity index (χ4n) is 4.77. The third-order valence-corrected chi connectivity index (χ3v) is 6.96. The predicted molar refractivity (Wildman–Crippen MR) is 144 cm³/mol. The first-order chi connectivity index (χ1) is 17.7. The van der Waals surface area contributed by atoms with Gasteiger partial charge in [-0.25, -0.2) is 9.97 Å². The molecule has 3 heterocycles. The van der Waals surface area contributed by atoms with E-state index in [2.05, 4.69) is 50.3 Å². The first kappa shape index (κ1) is 26.6. The van der Waals surface area contributed by atoms with Crippen molar-refractivity contribution in [1.29, 1.82) is 0 Å². The van der Waals surface area contributed by atoms with Crippen LogP contribution in [0.5, 0.6) is 5.75 Å². The zero-order chi connectivity index (χ0) is 26.7. The number of piperazine rings is 1. The fourth-order valence-corrected chi connectivity index (χ4v) is 4.90. The molecule has 1 unspecified atom stereocenters. The topological polar surface area (TPSA) is 155 Å². The highest BCUT2D eigenvalue weighted by atomic mass is 35.5. The summed E-state index contributed by atoms with van der Waals surface area (Å²) in [6.07, 6.45) is -0.149. The van der Waals surface area contributed by atoms with Gasteiger partial charge in [0.05, 0.1) is 17.9 Å². The van der Waals surface area contributed by atoms with Gasteiger partial charge in [0.2, 0.25) is 0 Å². The van der Waals surface area contributed by atoms with E-state index in [0.717, 1.165) is 36.6 Å². The summed E-state index contributed by atoms with van der Waals surface area (Å²) in [6, 6.07) is 4.05. The average molecular weight is 532 g/mol. The minimum absolute atomic E-state index is 0.00463. The molecule has 0 aliphatic carbocycles. The Morgan fingerprint density at radius 1 is 1.11 bits per heavy atom. The first-order valence-electron chi connectivity index (χ1n) is 12.4. The number of amides is 2. The molecule has 12 nitrogen and oxygen atoms in total. The van der Waals surface area contributed by atoms with Crippen molar-refractivity contribution in [2.45, 2.75) is 26.9 Å². The standard InChI is InChI=1S/C24H34ClN9O3/c1-4-33-15-10-14(3)17(37-13-19(35)32-8-6-28-7-9-32)11-16(15)34(5-2)18(33)12-29-24(36)20-22(26)31-23(27)21(25)30-20/h10-11,18,28H,4-9,12-13H2,1-3H3,(H,29,36)(H4,26,27,31). The van der Waals surface area contributed by atoms with Crippen molar-refractivity contribution in [2.24, 2.45) is 0 Å². The van der Waals surface area contributed by atoms with Crippen LogP contribution in [0.15, 0.2) is 12.1 Å². The number of fused-ring (bicyclic) bond motifs is 1. The Kier molecular flexibility index (Phi) is 8.08. The quantitative estimate of drug-likeness (QED) is 0.385. The van der Waals surface area contributed by atoms with Crippen molar-refractivity contribution < 1.29 is 14.3 Å². The van der Waals surface area contributed by atoms with Gasteiger partial charge in [0.25, 0.3) is 11.8 Å². The van der Waals surface area contributed by atoms with Crippen LogP contribution in [0.3, 0.4) is 0 Å². The van der Waals surface area contributed by atoms with E-state index in [-0.39, 0.29) is 41.2 Å². The molecular formula is C24H34ClN9O3. The van der Waals surface area contributed by atoms with Crippen molar-refractivity contribution in [3.05, 3.63) is 28.5 Å². The molecule has 2 aromatic rings. The molecule has 0 radical (unpaired) electrons. The molecular weight excluding hydrogens is 498 g/mol. The summed E-state index contributed by atoms with van der Waals surface area (Å²) < 4.78 is 5.99. The molecule has 2 aliphatic rings. The fraction of sp³-hybridized carbons (Fsp3) is 0.500. The highest BCUT2D eigenvalue weighted by Crippen LogP contribution is 2.43. The number of likely N-dealkylation sites (N-methyl/N-ethyl adjacent to an activating group) is 2. The number of nitrogens with one attached hydrogen (secondary N) is 2. The van der Waals surface area contributed by atoms with E-state index in [0.29, 0.717) is 31.9 Å². The van der Waals surface area contributed by atoms with E-state index in [1.807, 2.05) is 17.9 Å². The van der Waals surface area contributed by atoms with Gasteiger partial charge in [-0.2, -0.15) is 0 Å². The molecule has 0 bridgehead atoms. The SMILES string of the molecule is CCN1c2cc(C)c(OCC(=O)N3CCNCC3)cc2N(CC)C1CNC(=O)c1nc(Cl)c(N)nc1N. The van der Waals surface area contributed by atoms with E-state index in [1.165, 1.54) is 0 Å². The maximum atomic E-state index is 12.8. The normalized spacial score (nSPS) is 17.1. The number of ether oxygens (including phenoxy) is 1. The van der Waals surface area contributed by atoms with E-state index < -0.39 is 5.91 Å². The molecule has 1 aromatic heterocycles. The number of hydrogen-bond acceptors (Lipinski definition) is 10. The van der Waals surface area contributed by atoms with Gasteiger partial charge in [0.15, 0.2) is 29.1 Å². The van der Waals surface area contributed by atoms with Gasteiger partial charge >= 0.3 is 0 Å². The number of nitrogen functional groups attached to an aromatic ring is 2. The number of hydrogen-bond donors (Lipinski definition) is 4. The molecule has 13 heteroatoms. The Balaban J connectivity index is 1.49. The summed E-state index contributed by atoms with van der Waals surface area (Å²) in [6.45, 7) is 10.8. The Morgan fingerprint density at radius 3 is 2.41 bits per heavy atom. The van der Waals surface area contributed by atoms with Crippen LogP contribution >= 0.6 is 11.6 Å². The van der Waals surface area contributed by atoms with E-state index in [1.54, 1.807) is 0 Å². The van der Waals surface area contributed by atoms with Crippen molar-refractivity contribution in [3.8, 4) is 5.75 Å². The number of aromatic nitrogens is 2. The summed E-state index contributed by atoms with van der Waals surface area (Å²) >= 11 is 5.94. The van der Waals surface area contributed by atoms with Crippen molar-refractivity contribution in [3.63, 3.8) is 0 Å². The second-order valence-corrected chi connectivity index (χ2v) is 9.28. The van der Waals surface area contributed by atoms with E-state index >= 15 is 0 Å². The van der Waals surface area contributed by atoms with Crippen molar-refractivity contribution in [1.82, 2.24) is 25.5 Å². The molecule has 1 aromatic carbocycles. The van der Waals surface area contributed by atoms with Gasteiger partial charge in [0, 0.05) is 45.3 Å². The second-order valence-electron chi connectivity index (χ2n) is 8.92. The highest BCUT2D eigenvalue weighted by Gasteiger charge is 2.35. The van der Waals surface area contributed by atoms with Crippen LogP contribution in [0.4, 0.5) is 23.0 Å². The van der Waals surface area contributed by atoms with E-state index in [4.69, 9.17) is 27.8 Å². The average Bonchev–Trinajstić information content (AvgIpc) is 3.19. The predicted octanol–water partition coefficient (Wildman–Crippen LogP) is 0.836. The third kappa shape index (κ3) is 5.44. The van der Waals surface area contributed by atoms with Gasteiger partial charge in [-0.15, -0.1) is 0 Å². The van der Waals surface area contributed by atoms with Crippen molar-refractivity contribution >= 4 is 46.4 Å². The molecule has 1 atom stereocenters. The number of halogens is 1. The number of aryl methyl sites for hydroxylation is 1. The molecule has 2 amide bonds. The Morgan fingerprint density at radius 2 is 1.76 bits per heavy atom. The number of nitrogens with zero attached hydrogens (tertiary/aromatic N) is 5. The lowest BCUT2D eigenvalue weighted by Crippen LogP contribution is -2.50. The number of benzene rings is 1. The summed E-state index contributed by atoms with van der Waals surface area (Å²) in [4.78, 5) is 39.5. The maximum Gasteiger partial charge on any atom is 0.273 e. The second kappa shape index (κ2) is 11.3. The van der Waals surface area contributed by atoms with Crippen LogP contribution in [0.1, 0.15) is 29.9 Å². The van der Waals surface area contributed by atoms with Crippen LogP contribution in [0.2, 0.25) is 5.15 Å². The molecule has 4 rings (SSSR count). The minimum atomic E-state index is -0.485. The summed E-state index contributed by atoms with van der Waals surface area (Å²) in [5.74, 6) is 0.0538. The Bertz CT molecular complexity index is 1170. The van der Waals surface area contributed by atoms with Crippen LogP contribution in [-0.2, 0) is 4.79 Å². The molecule has 6 N–H and O–H groups in total. The largest absolute Gasteiger partial charge is 0.483 e. The molecule has 37 heavy (non-hydrogen) atoms.